The summed E-state index contributed by atoms with van der Waals surface area (Å²) in [5.41, 5.74) is 0. The van der Waals surface area contributed by atoms with Crippen molar-refractivity contribution in [2.24, 2.45) is 0 Å². The van der Waals surface area contributed by atoms with Gasteiger partial charge in [0.15, 0.2) is 0 Å². The highest BCUT2D eigenvalue weighted by Gasteiger charge is 2.38. The summed E-state index contributed by atoms with van der Waals surface area (Å²) in [5, 5.41) is 3.42. The summed E-state index contributed by atoms with van der Waals surface area (Å²) in [6.07, 6.45) is 7.11. The number of nitrogens with zero attached hydrogens (tertiary/aromatic N) is 2. The number of likely N-dealkylation sites (tertiary alicyclic amines) is 2. The monoisotopic (exact) mass is 251 g/mol. The number of carbonyl (C=O) groups excluding carboxylic acids is 1. The van der Waals surface area contributed by atoms with Gasteiger partial charge >= 0.3 is 0 Å². The summed E-state index contributed by atoms with van der Waals surface area (Å²) in [6, 6.07) is 0.844. The van der Waals surface area contributed by atoms with Gasteiger partial charge in [0.2, 0.25) is 5.91 Å². The molecule has 18 heavy (non-hydrogen) atoms. The van der Waals surface area contributed by atoms with E-state index in [1.54, 1.807) is 0 Å². The normalized spacial score (nSPS) is 31.1. The summed E-state index contributed by atoms with van der Waals surface area (Å²) >= 11 is 0. The van der Waals surface area contributed by atoms with Gasteiger partial charge in [-0.05, 0) is 58.2 Å². The molecule has 1 amide bonds. The highest BCUT2D eigenvalue weighted by Crippen LogP contribution is 2.26. The molecule has 3 aliphatic heterocycles. The Hall–Kier alpha value is -0.610. The van der Waals surface area contributed by atoms with Gasteiger partial charge in [-0.25, -0.2) is 0 Å². The number of hydrogen-bond acceptors (Lipinski definition) is 3. The Bertz CT molecular complexity index is 295. The van der Waals surface area contributed by atoms with E-state index in [0.717, 1.165) is 39.1 Å². The molecule has 0 aliphatic carbocycles. The van der Waals surface area contributed by atoms with Crippen LogP contribution in [0.4, 0.5) is 0 Å². The van der Waals surface area contributed by atoms with Crippen LogP contribution in [0, 0.1) is 0 Å². The quantitative estimate of drug-likeness (QED) is 0.789. The maximum absolute atomic E-state index is 12.6. The van der Waals surface area contributed by atoms with E-state index in [0.29, 0.717) is 11.9 Å². The molecule has 4 heteroatoms. The fourth-order valence-electron chi connectivity index (χ4n) is 3.78. The van der Waals surface area contributed by atoms with E-state index in [9.17, 15) is 4.79 Å². The lowest BCUT2D eigenvalue weighted by Crippen LogP contribution is -2.51. The zero-order chi connectivity index (χ0) is 12.4. The van der Waals surface area contributed by atoms with Gasteiger partial charge in [-0.2, -0.15) is 0 Å². The summed E-state index contributed by atoms with van der Waals surface area (Å²) in [7, 11) is 0. The van der Waals surface area contributed by atoms with Crippen LogP contribution in [-0.4, -0.2) is 60.5 Å². The lowest BCUT2D eigenvalue weighted by atomic mass is 10.0. The van der Waals surface area contributed by atoms with Crippen molar-refractivity contribution in [2.45, 2.75) is 50.6 Å². The average Bonchev–Trinajstić information content (AvgIpc) is 3.10. The van der Waals surface area contributed by atoms with E-state index in [1.807, 2.05) is 0 Å². The Balaban J connectivity index is 1.64. The molecule has 3 heterocycles. The molecule has 3 saturated heterocycles. The zero-order valence-electron chi connectivity index (χ0n) is 11.2. The topological polar surface area (TPSA) is 35.6 Å². The van der Waals surface area contributed by atoms with E-state index in [1.165, 1.54) is 32.1 Å². The van der Waals surface area contributed by atoms with E-state index < -0.39 is 0 Å². The Morgan fingerprint density at radius 1 is 0.944 bits per heavy atom. The Kier molecular flexibility index (Phi) is 3.85. The van der Waals surface area contributed by atoms with Crippen molar-refractivity contribution in [1.29, 1.82) is 0 Å². The fourth-order valence-corrected chi connectivity index (χ4v) is 3.78. The molecular weight excluding hydrogens is 226 g/mol. The van der Waals surface area contributed by atoms with Gasteiger partial charge in [0.25, 0.3) is 0 Å². The van der Waals surface area contributed by atoms with Crippen LogP contribution in [0.25, 0.3) is 0 Å². The third-order valence-electron chi connectivity index (χ3n) is 4.77. The van der Waals surface area contributed by atoms with Crippen LogP contribution in [0.2, 0.25) is 0 Å². The van der Waals surface area contributed by atoms with Gasteiger partial charge < -0.3 is 10.2 Å². The van der Waals surface area contributed by atoms with Crippen molar-refractivity contribution in [2.75, 3.05) is 32.7 Å². The molecule has 4 nitrogen and oxygen atoms in total. The predicted molar refractivity (Wildman–Crippen MR) is 71.4 cm³/mol. The second kappa shape index (κ2) is 5.57. The van der Waals surface area contributed by atoms with Gasteiger partial charge in [-0.1, -0.05) is 0 Å². The van der Waals surface area contributed by atoms with Crippen LogP contribution in [0.15, 0.2) is 0 Å². The molecule has 1 atom stereocenters. The summed E-state index contributed by atoms with van der Waals surface area (Å²) in [5.74, 6) is 0.420. The number of piperidine rings is 1. The van der Waals surface area contributed by atoms with Gasteiger partial charge in [-0.15, -0.1) is 0 Å². The van der Waals surface area contributed by atoms with E-state index >= 15 is 0 Å². The molecule has 0 saturated carbocycles. The number of amides is 1. The molecule has 1 unspecified atom stereocenters. The van der Waals surface area contributed by atoms with Crippen molar-refractivity contribution in [3.05, 3.63) is 0 Å². The van der Waals surface area contributed by atoms with E-state index in [4.69, 9.17) is 0 Å². The Labute approximate surface area is 110 Å². The maximum Gasteiger partial charge on any atom is 0.239 e. The predicted octanol–water partition coefficient (Wildman–Crippen LogP) is 0.825. The molecular formula is C14H25N3O. The molecule has 1 N–H and O–H groups in total. The smallest absolute Gasteiger partial charge is 0.239 e. The van der Waals surface area contributed by atoms with Crippen LogP contribution < -0.4 is 5.32 Å². The molecule has 3 rings (SSSR count). The highest BCUT2D eigenvalue weighted by atomic mass is 16.2. The van der Waals surface area contributed by atoms with Gasteiger partial charge in [-0.3, -0.25) is 9.69 Å². The van der Waals surface area contributed by atoms with E-state index in [2.05, 4.69) is 15.1 Å². The minimum atomic E-state index is 0.200. The van der Waals surface area contributed by atoms with Crippen LogP contribution in [-0.2, 0) is 4.79 Å². The molecule has 102 valence electrons. The summed E-state index contributed by atoms with van der Waals surface area (Å²) in [4.78, 5) is 17.2. The number of rotatable bonds is 2. The number of nitrogens with one attached hydrogen (secondary N) is 1. The molecule has 0 radical (unpaired) electrons. The summed E-state index contributed by atoms with van der Waals surface area (Å²) < 4.78 is 0. The first-order valence-electron chi connectivity index (χ1n) is 7.61. The van der Waals surface area contributed by atoms with Gasteiger partial charge in [0, 0.05) is 19.1 Å². The minimum Gasteiger partial charge on any atom is -0.341 e. The van der Waals surface area contributed by atoms with Crippen LogP contribution in [0.1, 0.15) is 38.5 Å². The van der Waals surface area contributed by atoms with Gasteiger partial charge in [0.1, 0.15) is 0 Å². The maximum atomic E-state index is 12.6. The first kappa shape index (κ1) is 12.4. The molecule has 0 aromatic rings. The lowest BCUT2D eigenvalue weighted by molar-refractivity contribution is -0.135. The molecule has 0 bridgehead atoms. The first-order chi connectivity index (χ1) is 8.86. The van der Waals surface area contributed by atoms with E-state index in [-0.39, 0.29) is 6.04 Å². The van der Waals surface area contributed by atoms with Crippen molar-refractivity contribution in [3.63, 3.8) is 0 Å². The number of hydrogen-bond donors (Lipinski definition) is 1. The van der Waals surface area contributed by atoms with Crippen molar-refractivity contribution < 1.29 is 4.79 Å². The summed E-state index contributed by atoms with van der Waals surface area (Å²) in [6.45, 7) is 5.36. The van der Waals surface area contributed by atoms with Crippen LogP contribution in [0.3, 0.4) is 0 Å². The second-order valence-corrected chi connectivity index (χ2v) is 5.91. The standard InChI is InChI=1S/C14H25N3O/c18-14(16-9-1-2-10-16)13-4-3-11-17(13)12-5-7-15-8-6-12/h12-13,15H,1-11H2. The lowest BCUT2D eigenvalue weighted by Gasteiger charge is -2.36. The molecule has 0 aromatic heterocycles. The SMILES string of the molecule is O=C(C1CCCN1C1CCNCC1)N1CCCC1. The molecule has 0 spiro atoms. The number of carbonyl (C=O) groups is 1. The fraction of sp³-hybridized carbons (Fsp3) is 0.929. The highest BCUT2D eigenvalue weighted by molar-refractivity contribution is 5.82. The Morgan fingerprint density at radius 2 is 1.67 bits per heavy atom. The van der Waals surface area contributed by atoms with Gasteiger partial charge in [0.05, 0.1) is 6.04 Å². The Morgan fingerprint density at radius 3 is 2.39 bits per heavy atom. The van der Waals surface area contributed by atoms with Crippen molar-refractivity contribution in [1.82, 2.24) is 15.1 Å². The van der Waals surface area contributed by atoms with Crippen molar-refractivity contribution in [3.8, 4) is 0 Å². The average molecular weight is 251 g/mol. The largest absolute Gasteiger partial charge is 0.341 e. The minimum absolute atomic E-state index is 0.200. The zero-order valence-corrected chi connectivity index (χ0v) is 11.2. The molecule has 0 aromatic carbocycles. The third-order valence-corrected chi connectivity index (χ3v) is 4.77. The van der Waals surface area contributed by atoms with Crippen LogP contribution in [0.5, 0.6) is 0 Å². The van der Waals surface area contributed by atoms with Crippen molar-refractivity contribution >= 4 is 5.91 Å². The molecule has 3 aliphatic rings. The van der Waals surface area contributed by atoms with Crippen LogP contribution >= 0.6 is 0 Å². The second-order valence-electron chi connectivity index (χ2n) is 5.91. The third kappa shape index (κ3) is 2.41. The first-order valence-corrected chi connectivity index (χ1v) is 7.61. The molecule has 3 fully saturated rings.